The molecule has 1 aliphatic rings. The lowest BCUT2D eigenvalue weighted by Crippen LogP contribution is -2.42. The van der Waals surface area contributed by atoms with Crippen molar-refractivity contribution in [2.24, 2.45) is 14.1 Å². The van der Waals surface area contributed by atoms with Gasteiger partial charge < -0.3 is 0 Å². The van der Waals surface area contributed by atoms with Crippen LogP contribution in [0, 0.1) is 0 Å². The Hall–Kier alpha value is -4.20. The van der Waals surface area contributed by atoms with E-state index in [1.165, 1.54) is 0 Å². The molecule has 0 radical (unpaired) electrons. The van der Waals surface area contributed by atoms with Gasteiger partial charge in [-0.25, -0.2) is 28.7 Å². The largest absolute Gasteiger partial charge is 0.246 e. The Labute approximate surface area is 200 Å². The van der Waals surface area contributed by atoms with Crippen LogP contribution < -0.4 is 28.7 Å². The molecule has 0 aromatic carbocycles. The standard InChI is InChI=1S/C26H30N8/c1-29-19-11-7-12-20(27-19)30(2)25-17-10-18-26(34(25)6)32(4)22-14-8-13-21(28-22)31(3)24-16-9-15-23(29)33(24)5/h7-18H,1-6H3/q+2. The molecule has 0 N–H and O–H groups in total. The third kappa shape index (κ3) is 3.48. The van der Waals surface area contributed by atoms with E-state index in [4.69, 9.17) is 9.97 Å². The highest BCUT2D eigenvalue weighted by atomic mass is 15.4. The molecular weight excluding hydrogens is 424 g/mol. The Morgan fingerprint density at radius 3 is 0.941 bits per heavy atom. The van der Waals surface area contributed by atoms with E-state index >= 15 is 0 Å². The molecular formula is C26H30N8+2. The summed E-state index contributed by atoms with van der Waals surface area (Å²) in [6.45, 7) is 0. The predicted octanol–water partition coefficient (Wildman–Crippen LogP) is 3.51. The van der Waals surface area contributed by atoms with E-state index in [0.717, 1.165) is 46.5 Å². The summed E-state index contributed by atoms with van der Waals surface area (Å²) in [6.07, 6.45) is 0. The molecule has 8 heteroatoms. The lowest BCUT2D eigenvalue weighted by Gasteiger charge is -2.24. The van der Waals surface area contributed by atoms with Crippen molar-refractivity contribution in [3.8, 4) is 0 Å². The second-order valence-electron chi connectivity index (χ2n) is 8.55. The molecule has 0 spiro atoms. The summed E-state index contributed by atoms with van der Waals surface area (Å²) in [7, 11) is 12.3. The first-order valence-electron chi connectivity index (χ1n) is 11.2. The Morgan fingerprint density at radius 2 is 0.676 bits per heavy atom. The zero-order chi connectivity index (χ0) is 24.0. The highest BCUT2D eigenvalue weighted by molar-refractivity contribution is 5.64. The maximum Gasteiger partial charge on any atom is 0.229 e. The van der Waals surface area contributed by atoms with E-state index in [1.54, 1.807) is 0 Å². The number of hydrogen-bond acceptors (Lipinski definition) is 6. The zero-order valence-corrected chi connectivity index (χ0v) is 20.5. The second-order valence-corrected chi connectivity index (χ2v) is 8.55. The molecule has 172 valence electrons. The van der Waals surface area contributed by atoms with Crippen molar-refractivity contribution in [3.05, 3.63) is 72.8 Å². The minimum atomic E-state index is 0.864. The number of hydrogen-bond donors (Lipinski definition) is 0. The summed E-state index contributed by atoms with van der Waals surface area (Å²) in [5.74, 6) is 7.53. The van der Waals surface area contributed by atoms with Crippen LogP contribution in [-0.4, -0.2) is 38.2 Å². The monoisotopic (exact) mass is 454 g/mol. The molecule has 8 bridgehead atoms. The fourth-order valence-electron chi connectivity index (χ4n) is 4.51. The third-order valence-corrected chi connectivity index (χ3v) is 6.54. The number of fused-ring (bicyclic) bond motifs is 8. The van der Waals surface area contributed by atoms with Crippen molar-refractivity contribution in [2.45, 2.75) is 0 Å². The normalized spacial score (nSPS) is 13.4. The van der Waals surface area contributed by atoms with Crippen molar-refractivity contribution in [1.82, 2.24) is 9.97 Å². The molecule has 0 saturated carbocycles. The van der Waals surface area contributed by atoms with Gasteiger partial charge in [-0.3, -0.25) is 0 Å². The second kappa shape index (κ2) is 8.30. The van der Waals surface area contributed by atoms with Gasteiger partial charge in [0, 0.05) is 24.3 Å². The highest BCUT2D eigenvalue weighted by Crippen LogP contribution is 2.29. The van der Waals surface area contributed by atoms with Gasteiger partial charge in [-0.1, -0.05) is 12.1 Å². The van der Waals surface area contributed by atoms with Crippen molar-refractivity contribution < 1.29 is 9.13 Å². The first kappa shape index (κ1) is 21.6. The lowest BCUT2D eigenvalue weighted by atomic mass is 10.3. The molecule has 8 nitrogen and oxygen atoms in total. The van der Waals surface area contributed by atoms with Crippen LogP contribution in [-0.2, 0) is 14.1 Å². The minimum Gasteiger partial charge on any atom is -0.246 e. The lowest BCUT2D eigenvalue weighted by molar-refractivity contribution is -0.645. The molecule has 0 unspecified atom stereocenters. The summed E-state index contributed by atoms with van der Waals surface area (Å²) in [4.78, 5) is 18.4. The topological polar surface area (TPSA) is 46.5 Å². The summed E-state index contributed by atoms with van der Waals surface area (Å²) >= 11 is 0. The summed E-state index contributed by atoms with van der Waals surface area (Å²) < 4.78 is 4.31. The number of rotatable bonds is 0. The molecule has 4 aromatic rings. The van der Waals surface area contributed by atoms with Gasteiger partial charge in [0.25, 0.3) is 0 Å². The van der Waals surface area contributed by atoms with Gasteiger partial charge in [-0.15, -0.1) is 0 Å². The van der Waals surface area contributed by atoms with Crippen LogP contribution in [0.3, 0.4) is 0 Å². The SMILES string of the molecule is CN1c2cccc(n2)N(C)c2cccc([n+]2C)N(C)c2cccc(n2)N(C)c2cccc1[n+]2C. The fourth-order valence-corrected chi connectivity index (χ4v) is 4.51. The van der Waals surface area contributed by atoms with E-state index in [9.17, 15) is 0 Å². The maximum absolute atomic E-state index is 5.00. The van der Waals surface area contributed by atoms with Crippen LogP contribution >= 0.6 is 0 Å². The summed E-state index contributed by atoms with van der Waals surface area (Å²) in [5.41, 5.74) is 0. The van der Waals surface area contributed by atoms with E-state index in [0.29, 0.717) is 0 Å². The zero-order valence-electron chi connectivity index (χ0n) is 20.5. The molecule has 5 rings (SSSR count). The van der Waals surface area contributed by atoms with Crippen LogP contribution in [0.2, 0.25) is 0 Å². The van der Waals surface area contributed by atoms with Crippen molar-refractivity contribution in [2.75, 3.05) is 47.8 Å². The Kier molecular flexibility index (Phi) is 5.28. The highest BCUT2D eigenvalue weighted by Gasteiger charge is 2.25. The van der Waals surface area contributed by atoms with Crippen molar-refractivity contribution in [1.29, 1.82) is 0 Å². The van der Waals surface area contributed by atoms with E-state index in [-0.39, 0.29) is 0 Å². The van der Waals surface area contributed by atoms with E-state index in [2.05, 4.69) is 91.4 Å². The minimum absolute atomic E-state index is 0.864. The van der Waals surface area contributed by atoms with Gasteiger partial charge >= 0.3 is 0 Å². The van der Waals surface area contributed by atoms with E-state index in [1.807, 2.05) is 52.5 Å². The van der Waals surface area contributed by atoms with Gasteiger partial charge in [0.1, 0.15) is 0 Å². The van der Waals surface area contributed by atoms with Crippen molar-refractivity contribution >= 4 is 46.5 Å². The Morgan fingerprint density at radius 1 is 0.441 bits per heavy atom. The van der Waals surface area contributed by atoms with Crippen LogP contribution in [0.25, 0.3) is 0 Å². The number of anilines is 8. The van der Waals surface area contributed by atoms with Crippen LogP contribution in [0.4, 0.5) is 46.5 Å². The van der Waals surface area contributed by atoms with Crippen molar-refractivity contribution in [3.63, 3.8) is 0 Å². The molecule has 0 fully saturated rings. The van der Waals surface area contributed by atoms with Crippen LogP contribution in [0.5, 0.6) is 0 Å². The fraction of sp³-hybridized carbons (Fsp3) is 0.231. The molecule has 4 aromatic heterocycles. The Bertz CT molecular complexity index is 1180. The maximum atomic E-state index is 5.00. The Balaban J connectivity index is 1.78. The van der Waals surface area contributed by atoms with Crippen LogP contribution in [0.1, 0.15) is 0 Å². The number of nitrogens with zero attached hydrogens (tertiary/aromatic N) is 8. The molecule has 0 amide bonds. The molecule has 34 heavy (non-hydrogen) atoms. The quantitative estimate of drug-likeness (QED) is 0.379. The number of pyridine rings is 4. The molecule has 5 heterocycles. The molecule has 0 aliphatic carbocycles. The van der Waals surface area contributed by atoms with Gasteiger partial charge in [-0.05, 0) is 36.4 Å². The van der Waals surface area contributed by atoms with Gasteiger partial charge in [-0.2, -0.15) is 9.97 Å². The molecule has 1 aliphatic heterocycles. The smallest absolute Gasteiger partial charge is 0.229 e. The third-order valence-electron chi connectivity index (χ3n) is 6.54. The van der Waals surface area contributed by atoms with E-state index < -0.39 is 0 Å². The molecule has 0 atom stereocenters. The van der Waals surface area contributed by atoms with Crippen LogP contribution in [0.15, 0.2) is 72.8 Å². The van der Waals surface area contributed by atoms with Gasteiger partial charge in [0.05, 0.1) is 42.3 Å². The summed E-state index contributed by atoms with van der Waals surface area (Å²) in [5, 5.41) is 0. The first-order valence-corrected chi connectivity index (χ1v) is 11.2. The summed E-state index contributed by atoms with van der Waals surface area (Å²) in [6, 6.07) is 24.8. The number of aromatic nitrogens is 4. The van der Waals surface area contributed by atoms with Gasteiger partial charge in [0.2, 0.25) is 23.3 Å². The average Bonchev–Trinajstić information content (AvgIpc) is 2.87. The first-order chi connectivity index (χ1) is 16.4. The molecule has 0 saturated heterocycles. The average molecular weight is 455 g/mol. The predicted molar refractivity (Wildman–Crippen MR) is 136 cm³/mol. The van der Waals surface area contributed by atoms with Gasteiger partial charge in [0.15, 0.2) is 23.3 Å².